The minimum absolute atomic E-state index is 0.249. The van der Waals surface area contributed by atoms with Crippen molar-refractivity contribution >= 4 is 6.03 Å². The zero-order chi connectivity index (χ0) is 15.0. The first kappa shape index (κ1) is 15.4. The van der Waals surface area contributed by atoms with Crippen molar-refractivity contribution in [3.63, 3.8) is 0 Å². The van der Waals surface area contributed by atoms with Crippen LogP contribution in [0.15, 0.2) is 30.3 Å². The molecule has 0 heterocycles. The van der Waals surface area contributed by atoms with E-state index in [9.17, 15) is 10.1 Å². The lowest BCUT2D eigenvalue weighted by Gasteiger charge is -2.29. The molecule has 0 spiro atoms. The van der Waals surface area contributed by atoms with E-state index in [1.165, 1.54) is 6.42 Å². The number of carbonyl (C=O) groups is 1. The zero-order valence-corrected chi connectivity index (χ0v) is 12.4. The van der Waals surface area contributed by atoms with Crippen LogP contribution < -0.4 is 10.6 Å². The Hall–Kier alpha value is -2.02. The lowest BCUT2D eigenvalue weighted by molar-refractivity contribution is 0.225. The maximum atomic E-state index is 12.1. The van der Waals surface area contributed by atoms with Gasteiger partial charge < -0.3 is 10.6 Å². The molecule has 0 saturated heterocycles. The summed E-state index contributed by atoms with van der Waals surface area (Å²) in [6.07, 6.45) is 7.05. The SMILES string of the molecule is N#CC1(NC(=O)NCc2ccccc2)CCCCCCC1. The van der Waals surface area contributed by atoms with Crippen LogP contribution in [-0.4, -0.2) is 11.6 Å². The number of nitrogens with one attached hydrogen (secondary N) is 2. The molecule has 4 heteroatoms. The lowest BCUT2D eigenvalue weighted by Crippen LogP contribution is -2.51. The standard InChI is InChI=1S/C17H23N3O/c18-14-17(11-7-2-1-3-8-12-17)20-16(21)19-13-15-9-5-4-6-10-15/h4-6,9-10H,1-3,7-8,11-13H2,(H2,19,20,21). The van der Waals surface area contributed by atoms with E-state index in [0.29, 0.717) is 6.54 Å². The van der Waals surface area contributed by atoms with Crippen LogP contribution >= 0.6 is 0 Å². The van der Waals surface area contributed by atoms with Crippen LogP contribution in [0.3, 0.4) is 0 Å². The number of nitrogens with zero attached hydrogens (tertiary/aromatic N) is 1. The van der Waals surface area contributed by atoms with Gasteiger partial charge >= 0.3 is 6.03 Å². The number of carbonyl (C=O) groups excluding carboxylic acids is 1. The van der Waals surface area contributed by atoms with Gasteiger partial charge in [-0.05, 0) is 18.4 Å². The lowest BCUT2D eigenvalue weighted by atomic mass is 9.85. The largest absolute Gasteiger partial charge is 0.334 e. The Balaban J connectivity index is 1.88. The van der Waals surface area contributed by atoms with Gasteiger partial charge in [-0.15, -0.1) is 0 Å². The Morgan fingerprint density at radius 3 is 2.33 bits per heavy atom. The van der Waals surface area contributed by atoms with E-state index < -0.39 is 5.54 Å². The van der Waals surface area contributed by atoms with Crippen molar-refractivity contribution in [2.24, 2.45) is 0 Å². The van der Waals surface area contributed by atoms with E-state index in [-0.39, 0.29) is 6.03 Å². The maximum Gasteiger partial charge on any atom is 0.316 e. The predicted octanol–water partition coefficient (Wildman–Crippen LogP) is 3.49. The molecule has 0 aliphatic heterocycles. The topological polar surface area (TPSA) is 64.9 Å². The maximum absolute atomic E-state index is 12.1. The second-order valence-electron chi connectivity index (χ2n) is 5.75. The molecular formula is C17H23N3O. The summed E-state index contributed by atoms with van der Waals surface area (Å²) < 4.78 is 0. The van der Waals surface area contributed by atoms with Crippen molar-refractivity contribution < 1.29 is 4.79 Å². The summed E-state index contributed by atoms with van der Waals surface area (Å²) in [4.78, 5) is 12.1. The molecule has 112 valence electrons. The van der Waals surface area contributed by atoms with Crippen LogP contribution in [0, 0.1) is 11.3 Å². The van der Waals surface area contributed by atoms with Crippen LogP contribution in [0.25, 0.3) is 0 Å². The third kappa shape index (κ3) is 4.78. The molecule has 1 aromatic rings. The molecule has 1 aromatic carbocycles. The first-order chi connectivity index (χ1) is 10.2. The highest BCUT2D eigenvalue weighted by Crippen LogP contribution is 2.25. The molecule has 2 rings (SSSR count). The fraction of sp³-hybridized carbons (Fsp3) is 0.529. The van der Waals surface area contributed by atoms with Crippen LogP contribution in [0.2, 0.25) is 0 Å². The van der Waals surface area contributed by atoms with Gasteiger partial charge in [0.05, 0.1) is 6.07 Å². The fourth-order valence-electron chi connectivity index (χ4n) is 2.81. The Labute approximate surface area is 126 Å². The molecule has 1 aliphatic carbocycles. The first-order valence-electron chi connectivity index (χ1n) is 7.75. The van der Waals surface area contributed by atoms with Crippen molar-refractivity contribution in [3.8, 4) is 6.07 Å². The summed E-state index contributed by atoms with van der Waals surface area (Å²) in [5.41, 5.74) is 0.359. The molecule has 4 nitrogen and oxygen atoms in total. The van der Waals surface area contributed by atoms with Gasteiger partial charge in [0.25, 0.3) is 0 Å². The van der Waals surface area contributed by atoms with Gasteiger partial charge in [-0.3, -0.25) is 0 Å². The van der Waals surface area contributed by atoms with Gasteiger partial charge in [-0.25, -0.2) is 4.79 Å². The van der Waals surface area contributed by atoms with E-state index in [0.717, 1.165) is 44.1 Å². The second-order valence-corrected chi connectivity index (χ2v) is 5.75. The molecule has 2 N–H and O–H groups in total. The van der Waals surface area contributed by atoms with Gasteiger partial charge in [0.15, 0.2) is 0 Å². The van der Waals surface area contributed by atoms with Gasteiger partial charge in [0.2, 0.25) is 0 Å². The summed E-state index contributed by atoms with van der Waals surface area (Å²) in [7, 11) is 0. The van der Waals surface area contributed by atoms with Crippen molar-refractivity contribution in [3.05, 3.63) is 35.9 Å². The van der Waals surface area contributed by atoms with Gasteiger partial charge in [0.1, 0.15) is 5.54 Å². The second kappa shape index (κ2) is 7.68. The van der Waals surface area contributed by atoms with Gasteiger partial charge in [-0.1, -0.05) is 62.4 Å². The summed E-state index contributed by atoms with van der Waals surface area (Å²) >= 11 is 0. The van der Waals surface area contributed by atoms with E-state index >= 15 is 0 Å². The predicted molar refractivity (Wildman–Crippen MR) is 82.5 cm³/mol. The molecule has 0 radical (unpaired) electrons. The number of nitriles is 1. The molecule has 1 fully saturated rings. The van der Waals surface area contributed by atoms with Crippen molar-refractivity contribution in [2.45, 2.75) is 57.0 Å². The molecule has 21 heavy (non-hydrogen) atoms. The number of hydrogen-bond acceptors (Lipinski definition) is 2. The average Bonchev–Trinajstić information content (AvgIpc) is 2.49. The third-order valence-corrected chi connectivity index (χ3v) is 4.07. The molecule has 2 amide bonds. The highest BCUT2D eigenvalue weighted by Gasteiger charge is 2.31. The first-order valence-corrected chi connectivity index (χ1v) is 7.75. The number of rotatable bonds is 3. The molecule has 0 bridgehead atoms. The van der Waals surface area contributed by atoms with Crippen LogP contribution in [0.1, 0.15) is 50.5 Å². The summed E-state index contributed by atoms with van der Waals surface area (Å²) in [5.74, 6) is 0. The molecule has 1 aliphatic rings. The Morgan fingerprint density at radius 2 is 1.71 bits per heavy atom. The minimum atomic E-state index is -0.693. The quantitative estimate of drug-likeness (QED) is 0.892. The third-order valence-electron chi connectivity index (χ3n) is 4.07. The summed E-state index contributed by atoms with van der Waals surface area (Å²) in [6.45, 7) is 0.480. The molecule has 1 saturated carbocycles. The normalized spacial score (nSPS) is 17.9. The van der Waals surface area contributed by atoms with Crippen molar-refractivity contribution in [2.75, 3.05) is 0 Å². The number of benzene rings is 1. The van der Waals surface area contributed by atoms with Crippen LogP contribution in [0.4, 0.5) is 4.79 Å². The van der Waals surface area contributed by atoms with E-state index in [2.05, 4.69) is 16.7 Å². The van der Waals surface area contributed by atoms with Crippen LogP contribution in [0.5, 0.6) is 0 Å². The Kier molecular flexibility index (Phi) is 5.62. The summed E-state index contributed by atoms with van der Waals surface area (Å²) in [5, 5.41) is 15.2. The number of urea groups is 1. The van der Waals surface area contributed by atoms with Crippen molar-refractivity contribution in [1.82, 2.24) is 10.6 Å². The zero-order valence-electron chi connectivity index (χ0n) is 12.4. The molecule has 0 aromatic heterocycles. The van der Waals surface area contributed by atoms with E-state index in [1.54, 1.807) is 0 Å². The molecule has 0 atom stereocenters. The average molecular weight is 285 g/mol. The highest BCUT2D eigenvalue weighted by molar-refractivity contribution is 5.75. The van der Waals surface area contributed by atoms with Gasteiger partial charge in [0, 0.05) is 6.54 Å². The monoisotopic (exact) mass is 285 g/mol. The van der Waals surface area contributed by atoms with Crippen LogP contribution in [-0.2, 0) is 6.54 Å². The minimum Gasteiger partial charge on any atom is -0.334 e. The number of hydrogen-bond donors (Lipinski definition) is 2. The Bertz CT molecular complexity index is 485. The smallest absolute Gasteiger partial charge is 0.316 e. The molecule has 0 unspecified atom stereocenters. The molecular weight excluding hydrogens is 262 g/mol. The van der Waals surface area contributed by atoms with Gasteiger partial charge in [-0.2, -0.15) is 5.26 Å². The summed E-state index contributed by atoms with van der Waals surface area (Å²) in [6, 6.07) is 11.9. The Morgan fingerprint density at radius 1 is 1.10 bits per heavy atom. The van der Waals surface area contributed by atoms with E-state index in [4.69, 9.17) is 0 Å². The fourth-order valence-corrected chi connectivity index (χ4v) is 2.81. The van der Waals surface area contributed by atoms with Crippen molar-refractivity contribution in [1.29, 1.82) is 5.26 Å². The van der Waals surface area contributed by atoms with E-state index in [1.807, 2.05) is 30.3 Å². The highest BCUT2D eigenvalue weighted by atomic mass is 16.2. The number of amides is 2.